The fraction of sp³-hybridized carbons (Fsp3) is 0.778. The van der Waals surface area contributed by atoms with Gasteiger partial charge in [0.1, 0.15) is 5.67 Å². The van der Waals surface area contributed by atoms with Crippen LogP contribution in [0.25, 0.3) is 0 Å². The predicted octanol–water partition coefficient (Wildman–Crippen LogP) is 1.56. The topological polar surface area (TPSA) is 68.2 Å². The highest BCUT2D eigenvalue weighted by Crippen LogP contribution is 2.36. The molecule has 0 radical (unpaired) electrons. The van der Waals surface area contributed by atoms with Crippen LogP contribution in [0.2, 0.25) is 0 Å². The van der Waals surface area contributed by atoms with Gasteiger partial charge in [0.2, 0.25) is 5.91 Å². The molecule has 7 heteroatoms. The molecule has 2 N–H and O–H groups in total. The summed E-state index contributed by atoms with van der Waals surface area (Å²) in [5.41, 5.74) is -0.0393. The SMILES string of the molecule is Cn1cncc1CNCC(C(=O)NC1CC(C)(F)C1)C1CCOCC1. The van der Waals surface area contributed by atoms with Crippen molar-refractivity contribution < 1.29 is 13.9 Å². The number of nitrogens with one attached hydrogen (secondary N) is 2. The van der Waals surface area contributed by atoms with Gasteiger partial charge < -0.3 is 19.9 Å². The zero-order chi connectivity index (χ0) is 17.9. The maximum absolute atomic E-state index is 13.7. The van der Waals surface area contributed by atoms with E-state index < -0.39 is 5.67 Å². The van der Waals surface area contributed by atoms with E-state index in [-0.39, 0.29) is 17.9 Å². The molecule has 0 bridgehead atoms. The van der Waals surface area contributed by atoms with Crippen molar-refractivity contribution in [1.82, 2.24) is 20.2 Å². The van der Waals surface area contributed by atoms with Crippen LogP contribution in [0.3, 0.4) is 0 Å². The van der Waals surface area contributed by atoms with Crippen LogP contribution in [0, 0.1) is 11.8 Å². The van der Waals surface area contributed by atoms with Crippen molar-refractivity contribution in [2.75, 3.05) is 19.8 Å². The molecule has 1 amide bonds. The number of hydrogen-bond acceptors (Lipinski definition) is 4. The highest BCUT2D eigenvalue weighted by Gasteiger charge is 2.42. The molecule has 6 nitrogen and oxygen atoms in total. The summed E-state index contributed by atoms with van der Waals surface area (Å²) in [7, 11) is 1.96. The molecule has 1 unspecified atom stereocenters. The van der Waals surface area contributed by atoms with Crippen LogP contribution in [0.15, 0.2) is 12.5 Å². The van der Waals surface area contributed by atoms with E-state index in [2.05, 4.69) is 15.6 Å². The second-order valence-corrected chi connectivity index (χ2v) is 7.71. The normalized spacial score (nSPS) is 28.4. The van der Waals surface area contributed by atoms with Gasteiger partial charge >= 0.3 is 0 Å². The maximum Gasteiger partial charge on any atom is 0.224 e. The lowest BCUT2D eigenvalue weighted by Gasteiger charge is -2.40. The lowest BCUT2D eigenvalue weighted by Crippen LogP contribution is -2.54. The van der Waals surface area contributed by atoms with Crippen LogP contribution >= 0.6 is 0 Å². The van der Waals surface area contributed by atoms with Crippen molar-refractivity contribution in [1.29, 1.82) is 0 Å². The molecule has 140 valence electrons. The Morgan fingerprint density at radius 1 is 1.48 bits per heavy atom. The first-order valence-corrected chi connectivity index (χ1v) is 9.17. The number of imidazole rings is 1. The molecule has 25 heavy (non-hydrogen) atoms. The van der Waals surface area contributed by atoms with Crippen LogP contribution in [0.1, 0.15) is 38.3 Å². The van der Waals surface area contributed by atoms with Crippen molar-refractivity contribution >= 4 is 5.91 Å². The molecular formula is C18H29FN4O2. The van der Waals surface area contributed by atoms with Gasteiger partial charge in [0, 0.05) is 58.4 Å². The molecule has 3 rings (SSSR count). The van der Waals surface area contributed by atoms with Crippen LogP contribution < -0.4 is 10.6 Å². The Morgan fingerprint density at radius 3 is 2.80 bits per heavy atom. The molecule has 1 aliphatic carbocycles. The average Bonchev–Trinajstić information content (AvgIpc) is 2.95. The number of halogens is 1. The van der Waals surface area contributed by atoms with Gasteiger partial charge in [-0.05, 0) is 25.7 Å². The number of alkyl halides is 1. The largest absolute Gasteiger partial charge is 0.381 e. The highest BCUT2D eigenvalue weighted by molar-refractivity contribution is 5.79. The number of rotatable bonds is 7. The summed E-state index contributed by atoms with van der Waals surface area (Å²) in [4.78, 5) is 16.9. The summed E-state index contributed by atoms with van der Waals surface area (Å²) in [6, 6.07) is -0.0260. The minimum absolute atomic E-state index is 0.0260. The van der Waals surface area contributed by atoms with E-state index in [1.54, 1.807) is 13.3 Å². The van der Waals surface area contributed by atoms with Gasteiger partial charge in [0.15, 0.2) is 0 Å². The number of hydrogen-bond donors (Lipinski definition) is 2. The quantitative estimate of drug-likeness (QED) is 0.781. The zero-order valence-corrected chi connectivity index (χ0v) is 15.1. The molecule has 1 aromatic rings. The second kappa shape index (κ2) is 7.83. The predicted molar refractivity (Wildman–Crippen MR) is 92.6 cm³/mol. The molecule has 1 saturated heterocycles. The maximum atomic E-state index is 13.7. The Kier molecular flexibility index (Phi) is 5.74. The van der Waals surface area contributed by atoms with Crippen molar-refractivity contribution in [3.8, 4) is 0 Å². The third-order valence-corrected chi connectivity index (χ3v) is 5.45. The van der Waals surface area contributed by atoms with Gasteiger partial charge in [0.05, 0.1) is 17.9 Å². The number of aryl methyl sites for hydroxylation is 1. The third-order valence-electron chi connectivity index (χ3n) is 5.45. The second-order valence-electron chi connectivity index (χ2n) is 7.71. The van der Waals surface area contributed by atoms with Crippen molar-refractivity contribution in [2.24, 2.45) is 18.9 Å². The van der Waals surface area contributed by atoms with E-state index in [1.807, 2.05) is 17.8 Å². The molecule has 0 aromatic carbocycles. The molecule has 2 aliphatic rings. The monoisotopic (exact) mass is 352 g/mol. The molecule has 1 saturated carbocycles. The number of aromatic nitrogens is 2. The van der Waals surface area contributed by atoms with Gasteiger partial charge in [0.25, 0.3) is 0 Å². The van der Waals surface area contributed by atoms with E-state index in [0.29, 0.717) is 45.1 Å². The van der Waals surface area contributed by atoms with Gasteiger partial charge in [-0.3, -0.25) is 4.79 Å². The molecule has 1 aromatic heterocycles. The Balaban J connectivity index is 1.54. The molecule has 1 atom stereocenters. The number of carbonyl (C=O) groups is 1. The highest BCUT2D eigenvalue weighted by atomic mass is 19.1. The van der Waals surface area contributed by atoms with Crippen LogP contribution in [-0.2, 0) is 23.1 Å². The summed E-state index contributed by atoms with van der Waals surface area (Å²) in [6.45, 7) is 4.31. The average molecular weight is 352 g/mol. The minimum Gasteiger partial charge on any atom is -0.381 e. The number of carbonyl (C=O) groups excluding carboxylic acids is 1. The minimum atomic E-state index is -1.12. The summed E-state index contributed by atoms with van der Waals surface area (Å²) >= 11 is 0. The van der Waals surface area contributed by atoms with Crippen molar-refractivity contribution in [2.45, 2.75) is 50.9 Å². The van der Waals surface area contributed by atoms with E-state index in [1.165, 1.54) is 0 Å². The summed E-state index contributed by atoms with van der Waals surface area (Å²) < 4.78 is 21.1. The standard InChI is InChI=1S/C18H29FN4O2/c1-18(19)7-14(8-18)22-17(24)16(13-3-5-25-6-4-13)11-20-9-15-10-21-12-23(15)2/h10,12-14,16,20H,3-9,11H2,1-2H3,(H,22,24). The van der Waals surface area contributed by atoms with E-state index in [4.69, 9.17) is 4.74 Å². The summed E-state index contributed by atoms with van der Waals surface area (Å²) in [5.74, 6) is 0.248. The van der Waals surface area contributed by atoms with Crippen LogP contribution in [-0.4, -0.2) is 46.9 Å². The van der Waals surface area contributed by atoms with Gasteiger partial charge in [-0.15, -0.1) is 0 Å². The first-order valence-electron chi connectivity index (χ1n) is 9.17. The first kappa shape index (κ1) is 18.3. The third kappa shape index (κ3) is 4.79. The Bertz CT molecular complexity index is 575. The van der Waals surface area contributed by atoms with Crippen molar-refractivity contribution in [3.63, 3.8) is 0 Å². The Hall–Kier alpha value is -1.47. The lowest BCUT2D eigenvalue weighted by molar-refractivity contribution is -0.130. The molecular weight excluding hydrogens is 323 g/mol. The van der Waals surface area contributed by atoms with Gasteiger partial charge in [-0.2, -0.15) is 0 Å². The molecule has 0 spiro atoms. The molecule has 2 heterocycles. The van der Waals surface area contributed by atoms with E-state index in [9.17, 15) is 9.18 Å². The fourth-order valence-electron chi connectivity index (χ4n) is 3.88. The Morgan fingerprint density at radius 2 is 2.20 bits per heavy atom. The van der Waals surface area contributed by atoms with E-state index >= 15 is 0 Å². The van der Waals surface area contributed by atoms with Crippen LogP contribution in [0.4, 0.5) is 4.39 Å². The summed E-state index contributed by atoms with van der Waals surface area (Å²) in [5, 5.41) is 6.44. The lowest BCUT2D eigenvalue weighted by atomic mass is 9.78. The fourth-order valence-corrected chi connectivity index (χ4v) is 3.88. The van der Waals surface area contributed by atoms with Gasteiger partial charge in [-0.25, -0.2) is 9.37 Å². The first-order chi connectivity index (χ1) is 11.9. The van der Waals surface area contributed by atoms with Crippen molar-refractivity contribution in [3.05, 3.63) is 18.2 Å². The van der Waals surface area contributed by atoms with E-state index in [0.717, 1.165) is 18.5 Å². The van der Waals surface area contributed by atoms with Crippen LogP contribution in [0.5, 0.6) is 0 Å². The number of ether oxygens (including phenoxy) is 1. The zero-order valence-electron chi connectivity index (χ0n) is 15.1. The smallest absolute Gasteiger partial charge is 0.224 e. The summed E-state index contributed by atoms with van der Waals surface area (Å²) in [6.07, 6.45) is 6.23. The van der Waals surface area contributed by atoms with Gasteiger partial charge in [-0.1, -0.05) is 0 Å². The number of amides is 1. The molecule has 2 fully saturated rings. The Labute approximate surface area is 148 Å². The molecule has 1 aliphatic heterocycles. The number of nitrogens with zero attached hydrogens (tertiary/aromatic N) is 2.